The molecule has 16 heavy (non-hydrogen) atoms. The van der Waals surface area contributed by atoms with E-state index < -0.39 is 0 Å². The van der Waals surface area contributed by atoms with Gasteiger partial charge in [-0.1, -0.05) is 27.7 Å². The van der Waals surface area contributed by atoms with Gasteiger partial charge in [-0.05, 0) is 49.1 Å². The predicted octanol–water partition coefficient (Wildman–Crippen LogP) is 4.44. The lowest BCUT2D eigenvalue weighted by Gasteiger charge is -2.51. The number of hydrogen-bond acceptors (Lipinski definition) is 0. The molecule has 0 amide bonds. The Hall–Kier alpha value is -0.720. The molecule has 1 aliphatic carbocycles. The molecule has 1 fully saturated rings. The first kappa shape index (κ1) is 11.8. The van der Waals surface area contributed by atoms with Gasteiger partial charge in [0.1, 0.15) is 0 Å². The molecule has 0 aliphatic heterocycles. The summed E-state index contributed by atoms with van der Waals surface area (Å²) in [6.45, 7) is 12.1. The van der Waals surface area contributed by atoms with Crippen LogP contribution in [0.5, 0.6) is 0 Å². The van der Waals surface area contributed by atoms with E-state index >= 15 is 0 Å². The lowest BCUT2D eigenvalue weighted by atomic mass is 9.59. The Kier molecular flexibility index (Phi) is 2.49. The standard InChI is InChI=1S/C15H25N/c1-13(2)10-14(3,4)12-15(5,11-13)16-8-6-7-9-16/h6-9H,10-12H2,1-5H3. The predicted molar refractivity (Wildman–Crippen MR) is 69.5 cm³/mol. The summed E-state index contributed by atoms with van der Waals surface area (Å²) in [5.41, 5.74) is 1.18. The van der Waals surface area contributed by atoms with Gasteiger partial charge in [0.15, 0.2) is 0 Å². The average molecular weight is 219 g/mol. The molecule has 0 spiro atoms. The smallest absolute Gasteiger partial charge is 0.0422 e. The highest BCUT2D eigenvalue weighted by atomic mass is 15.0. The zero-order chi connectivity index (χ0) is 12.0. The summed E-state index contributed by atoms with van der Waals surface area (Å²) >= 11 is 0. The minimum absolute atomic E-state index is 0.286. The average Bonchev–Trinajstić information content (AvgIpc) is 2.46. The van der Waals surface area contributed by atoms with Crippen molar-refractivity contribution in [3.63, 3.8) is 0 Å². The minimum Gasteiger partial charge on any atom is -0.349 e. The SMILES string of the molecule is CC1(C)CC(C)(C)CC(C)(n2cccc2)C1. The van der Waals surface area contributed by atoms with Gasteiger partial charge in [-0.3, -0.25) is 0 Å². The Balaban J connectivity index is 2.35. The molecule has 1 heterocycles. The highest BCUT2D eigenvalue weighted by Crippen LogP contribution is 2.52. The fourth-order valence-corrected chi connectivity index (χ4v) is 4.42. The van der Waals surface area contributed by atoms with Crippen molar-refractivity contribution in [2.45, 2.75) is 59.4 Å². The molecule has 1 aromatic rings. The van der Waals surface area contributed by atoms with E-state index in [0.29, 0.717) is 10.8 Å². The molecule has 1 aromatic heterocycles. The zero-order valence-electron chi connectivity index (χ0n) is 11.4. The van der Waals surface area contributed by atoms with E-state index in [4.69, 9.17) is 0 Å². The van der Waals surface area contributed by atoms with Gasteiger partial charge in [-0.25, -0.2) is 0 Å². The van der Waals surface area contributed by atoms with Crippen LogP contribution in [0, 0.1) is 10.8 Å². The van der Waals surface area contributed by atoms with E-state index in [1.807, 2.05) is 0 Å². The summed E-state index contributed by atoms with van der Waals surface area (Å²) in [6, 6.07) is 4.28. The van der Waals surface area contributed by atoms with Crippen LogP contribution >= 0.6 is 0 Å². The van der Waals surface area contributed by atoms with E-state index in [-0.39, 0.29) is 5.54 Å². The summed E-state index contributed by atoms with van der Waals surface area (Å²) in [5, 5.41) is 0. The summed E-state index contributed by atoms with van der Waals surface area (Å²) in [4.78, 5) is 0. The highest BCUT2D eigenvalue weighted by Gasteiger charge is 2.45. The van der Waals surface area contributed by atoms with E-state index in [0.717, 1.165) is 0 Å². The molecule has 2 rings (SSSR count). The van der Waals surface area contributed by atoms with Crippen LogP contribution in [0.4, 0.5) is 0 Å². The highest BCUT2D eigenvalue weighted by molar-refractivity contribution is 5.04. The molecule has 0 aromatic carbocycles. The number of hydrogen-bond donors (Lipinski definition) is 0. The molecular formula is C15H25N. The van der Waals surface area contributed by atoms with Gasteiger partial charge < -0.3 is 4.57 Å². The van der Waals surface area contributed by atoms with Crippen molar-refractivity contribution in [1.82, 2.24) is 4.57 Å². The maximum atomic E-state index is 2.41. The third-order valence-electron chi connectivity index (χ3n) is 3.90. The minimum atomic E-state index is 0.286. The summed E-state index contributed by atoms with van der Waals surface area (Å²) < 4.78 is 2.41. The first-order valence-corrected chi connectivity index (χ1v) is 6.36. The largest absolute Gasteiger partial charge is 0.349 e. The number of rotatable bonds is 1. The van der Waals surface area contributed by atoms with Crippen LogP contribution in [0.25, 0.3) is 0 Å². The van der Waals surface area contributed by atoms with Crippen molar-refractivity contribution in [2.75, 3.05) is 0 Å². The van der Waals surface area contributed by atoms with Crippen molar-refractivity contribution in [3.05, 3.63) is 24.5 Å². The molecule has 1 nitrogen and oxygen atoms in total. The van der Waals surface area contributed by atoms with Crippen LogP contribution in [-0.4, -0.2) is 4.57 Å². The maximum Gasteiger partial charge on any atom is 0.0422 e. The Morgan fingerprint density at radius 1 is 0.750 bits per heavy atom. The quantitative estimate of drug-likeness (QED) is 0.658. The molecule has 90 valence electrons. The first-order chi connectivity index (χ1) is 7.23. The van der Waals surface area contributed by atoms with Gasteiger partial charge in [0.05, 0.1) is 0 Å². The summed E-state index contributed by atoms with van der Waals surface area (Å²) in [6.07, 6.45) is 8.32. The van der Waals surface area contributed by atoms with Gasteiger partial charge in [0.25, 0.3) is 0 Å². The lowest BCUT2D eigenvalue weighted by molar-refractivity contribution is 0.0167. The zero-order valence-corrected chi connectivity index (χ0v) is 11.4. The lowest BCUT2D eigenvalue weighted by Crippen LogP contribution is -2.45. The molecule has 1 heteroatoms. The van der Waals surface area contributed by atoms with Crippen molar-refractivity contribution >= 4 is 0 Å². The van der Waals surface area contributed by atoms with E-state index in [9.17, 15) is 0 Å². The fourth-order valence-electron chi connectivity index (χ4n) is 4.42. The van der Waals surface area contributed by atoms with E-state index in [2.05, 4.69) is 63.7 Å². The van der Waals surface area contributed by atoms with Crippen molar-refractivity contribution in [1.29, 1.82) is 0 Å². The van der Waals surface area contributed by atoms with Crippen LogP contribution in [0.2, 0.25) is 0 Å². The second kappa shape index (κ2) is 3.38. The van der Waals surface area contributed by atoms with Gasteiger partial charge in [-0.15, -0.1) is 0 Å². The first-order valence-electron chi connectivity index (χ1n) is 6.36. The van der Waals surface area contributed by atoms with Crippen molar-refractivity contribution < 1.29 is 0 Å². The normalized spacial score (nSPS) is 26.6. The molecular weight excluding hydrogens is 194 g/mol. The summed E-state index contributed by atoms with van der Waals surface area (Å²) in [5.74, 6) is 0. The van der Waals surface area contributed by atoms with Crippen molar-refractivity contribution in [3.8, 4) is 0 Å². The Morgan fingerprint density at radius 2 is 1.19 bits per heavy atom. The second-order valence-electron chi connectivity index (χ2n) is 7.45. The molecule has 1 aliphatic rings. The van der Waals surface area contributed by atoms with Crippen LogP contribution in [0.1, 0.15) is 53.9 Å². The topological polar surface area (TPSA) is 4.93 Å². The molecule has 0 unspecified atom stereocenters. The van der Waals surface area contributed by atoms with Gasteiger partial charge in [0.2, 0.25) is 0 Å². The van der Waals surface area contributed by atoms with Crippen LogP contribution in [-0.2, 0) is 5.54 Å². The van der Waals surface area contributed by atoms with Crippen LogP contribution in [0.15, 0.2) is 24.5 Å². The monoisotopic (exact) mass is 219 g/mol. The molecule has 0 bridgehead atoms. The van der Waals surface area contributed by atoms with Gasteiger partial charge in [-0.2, -0.15) is 0 Å². The van der Waals surface area contributed by atoms with E-state index in [1.165, 1.54) is 19.3 Å². The summed E-state index contributed by atoms with van der Waals surface area (Å²) in [7, 11) is 0. The van der Waals surface area contributed by atoms with Crippen LogP contribution in [0.3, 0.4) is 0 Å². The molecule has 0 N–H and O–H groups in total. The number of aromatic nitrogens is 1. The third kappa shape index (κ3) is 2.18. The maximum absolute atomic E-state index is 2.41. The van der Waals surface area contributed by atoms with Gasteiger partial charge in [0, 0.05) is 17.9 Å². The molecule has 0 radical (unpaired) electrons. The second-order valence-corrected chi connectivity index (χ2v) is 7.45. The fraction of sp³-hybridized carbons (Fsp3) is 0.733. The molecule has 1 saturated carbocycles. The van der Waals surface area contributed by atoms with E-state index in [1.54, 1.807) is 0 Å². The Morgan fingerprint density at radius 3 is 1.62 bits per heavy atom. The molecule has 0 atom stereocenters. The van der Waals surface area contributed by atoms with Crippen molar-refractivity contribution in [2.24, 2.45) is 10.8 Å². The third-order valence-corrected chi connectivity index (χ3v) is 3.90. The number of nitrogens with zero attached hydrogens (tertiary/aromatic N) is 1. The molecule has 0 saturated heterocycles. The Labute approximate surface area is 99.9 Å². The van der Waals surface area contributed by atoms with Crippen LogP contribution < -0.4 is 0 Å². The Bertz CT molecular complexity index is 341. The van der Waals surface area contributed by atoms with Gasteiger partial charge >= 0.3 is 0 Å².